The lowest BCUT2D eigenvalue weighted by atomic mass is 9.95. The summed E-state index contributed by atoms with van der Waals surface area (Å²) in [4.78, 5) is 12.9. The van der Waals surface area contributed by atoms with Gasteiger partial charge in [-0.1, -0.05) is 19.9 Å². The van der Waals surface area contributed by atoms with E-state index in [9.17, 15) is 4.79 Å². The maximum Gasteiger partial charge on any atom is 0.251 e. The van der Waals surface area contributed by atoms with Gasteiger partial charge in [0.05, 0.1) is 33.5 Å². The molecule has 28 heavy (non-hydrogen) atoms. The fraction of sp³-hybridized carbons (Fsp3) is 0.409. The predicted octanol–water partition coefficient (Wildman–Crippen LogP) is 3.99. The van der Waals surface area contributed by atoms with Crippen LogP contribution in [0.2, 0.25) is 0 Å². The van der Waals surface area contributed by atoms with Crippen LogP contribution in [-0.4, -0.2) is 33.3 Å². The van der Waals surface area contributed by atoms with Crippen molar-refractivity contribution in [2.75, 3.05) is 27.4 Å². The molecule has 0 bridgehead atoms. The van der Waals surface area contributed by atoms with Crippen LogP contribution in [0.3, 0.4) is 0 Å². The molecular weight excluding hydrogens is 358 g/mol. The first kappa shape index (κ1) is 19.9. The summed E-state index contributed by atoms with van der Waals surface area (Å²) in [7, 11) is 3.12. The zero-order valence-electron chi connectivity index (χ0n) is 16.8. The largest absolute Gasteiger partial charge is 0.493 e. The summed E-state index contributed by atoms with van der Waals surface area (Å²) < 4.78 is 22.0. The second-order valence-electron chi connectivity index (χ2n) is 7.02. The van der Waals surface area contributed by atoms with Crippen LogP contribution in [0, 0.1) is 5.92 Å². The molecular formula is C22H27NO5. The van der Waals surface area contributed by atoms with Crippen molar-refractivity contribution in [3.8, 4) is 23.0 Å². The van der Waals surface area contributed by atoms with Crippen LogP contribution in [-0.2, 0) is 0 Å². The molecule has 2 aromatic carbocycles. The van der Waals surface area contributed by atoms with Crippen molar-refractivity contribution in [3.63, 3.8) is 0 Å². The van der Waals surface area contributed by atoms with Crippen LogP contribution in [0.15, 0.2) is 36.4 Å². The van der Waals surface area contributed by atoms with Crippen LogP contribution in [0.1, 0.15) is 42.2 Å². The standard InChI is InChI=1S/C22H27NO5/c1-14(2)21(15-6-9-18-20(12-15)28-11-5-10-27-18)23-22(24)16-7-8-17(25-3)19(13-16)26-4/h6-9,12-14,21H,5,10-11H2,1-4H3,(H,23,24). The van der Waals surface area contributed by atoms with Crippen LogP contribution in [0.4, 0.5) is 0 Å². The van der Waals surface area contributed by atoms with Gasteiger partial charge < -0.3 is 24.3 Å². The van der Waals surface area contributed by atoms with Crippen LogP contribution < -0.4 is 24.3 Å². The highest BCUT2D eigenvalue weighted by Gasteiger charge is 2.22. The first-order valence-corrected chi connectivity index (χ1v) is 9.46. The molecule has 1 N–H and O–H groups in total. The van der Waals surface area contributed by atoms with E-state index in [1.807, 2.05) is 18.2 Å². The van der Waals surface area contributed by atoms with E-state index in [-0.39, 0.29) is 17.9 Å². The maximum atomic E-state index is 12.9. The molecule has 6 heteroatoms. The smallest absolute Gasteiger partial charge is 0.251 e. The third-order valence-electron chi connectivity index (χ3n) is 4.73. The van der Waals surface area contributed by atoms with Crippen LogP contribution in [0.25, 0.3) is 0 Å². The van der Waals surface area contributed by atoms with Gasteiger partial charge in [0.2, 0.25) is 0 Å². The summed E-state index contributed by atoms with van der Waals surface area (Å²) in [5, 5.41) is 3.13. The molecule has 0 fully saturated rings. The Labute approximate surface area is 165 Å². The molecule has 0 aliphatic carbocycles. The van der Waals surface area contributed by atoms with Crippen molar-refractivity contribution in [3.05, 3.63) is 47.5 Å². The summed E-state index contributed by atoms with van der Waals surface area (Å²) >= 11 is 0. The number of hydrogen-bond acceptors (Lipinski definition) is 5. The molecule has 1 aliphatic heterocycles. The van der Waals surface area contributed by atoms with Gasteiger partial charge in [0.15, 0.2) is 23.0 Å². The minimum atomic E-state index is -0.174. The second kappa shape index (κ2) is 8.87. The molecule has 1 heterocycles. The van der Waals surface area contributed by atoms with Crippen molar-refractivity contribution < 1.29 is 23.7 Å². The number of carbonyl (C=O) groups is 1. The molecule has 0 saturated carbocycles. The minimum absolute atomic E-state index is 0.169. The Bertz CT molecular complexity index is 834. The molecule has 2 aromatic rings. The van der Waals surface area contributed by atoms with Gasteiger partial charge in [0, 0.05) is 12.0 Å². The quantitative estimate of drug-likeness (QED) is 0.814. The van der Waals surface area contributed by atoms with Crippen LogP contribution in [0.5, 0.6) is 23.0 Å². The van der Waals surface area contributed by atoms with E-state index in [1.54, 1.807) is 32.4 Å². The molecule has 0 radical (unpaired) electrons. The Morgan fingerprint density at radius 1 is 0.964 bits per heavy atom. The number of nitrogens with one attached hydrogen (secondary N) is 1. The second-order valence-corrected chi connectivity index (χ2v) is 7.02. The number of methoxy groups -OCH3 is 2. The molecule has 1 amide bonds. The monoisotopic (exact) mass is 385 g/mol. The first-order chi connectivity index (χ1) is 13.5. The Morgan fingerprint density at radius 3 is 2.36 bits per heavy atom. The fourth-order valence-electron chi connectivity index (χ4n) is 3.21. The van der Waals surface area contributed by atoms with Gasteiger partial charge in [-0.25, -0.2) is 0 Å². The van der Waals surface area contributed by atoms with Gasteiger partial charge in [-0.2, -0.15) is 0 Å². The average Bonchev–Trinajstić information content (AvgIpc) is 2.95. The minimum Gasteiger partial charge on any atom is -0.493 e. The van der Waals surface area contributed by atoms with E-state index in [0.717, 1.165) is 23.5 Å². The number of amides is 1. The highest BCUT2D eigenvalue weighted by molar-refractivity contribution is 5.95. The van der Waals surface area contributed by atoms with E-state index in [4.69, 9.17) is 18.9 Å². The molecule has 3 rings (SSSR count). The third-order valence-corrected chi connectivity index (χ3v) is 4.73. The van der Waals surface area contributed by atoms with E-state index >= 15 is 0 Å². The topological polar surface area (TPSA) is 66.0 Å². The van der Waals surface area contributed by atoms with Crippen molar-refractivity contribution in [2.45, 2.75) is 26.3 Å². The average molecular weight is 385 g/mol. The SMILES string of the molecule is COc1ccc(C(=O)NC(c2ccc3c(c2)OCCCO3)C(C)C)cc1OC. The van der Waals surface area contributed by atoms with E-state index < -0.39 is 0 Å². The van der Waals surface area contributed by atoms with Gasteiger partial charge >= 0.3 is 0 Å². The number of ether oxygens (including phenoxy) is 4. The summed E-state index contributed by atoms with van der Waals surface area (Å²) in [5.41, 5.74) is 1.49. The molecule has 150 valence electrons. The lowest BCUT2D eigenvalue weighted by molar-refractivity contribution is 0.0925. The number of benzene rings is 2. The number of fused-ring (bicyclic) bond motifs is 1. The highest BCUT2D eigenvalue weighted by Crippen LogP contribution is 2.34. The molecule has 6 nitrogen and oxygen atoms in total. The number of rotatable bonds is 6. The summed E-state index contributed by atoms with van der Waals surface area (Å²) in [6.07, 6.45) is 0.855. The zero-order chi connectivity index (χ0) is 20.1. The van der Waals surface area contributed by atoms with Gasteiger partial charge in [0.1, 0.15) is 0 Å². The van der Waals surface area contributed by atoms with Crippen molar-refractivity contribution in [1.29, 1.82) is 0 Å². The van der Waals surface area contributed by atoms with E-state index in [0.29, 0.717) is 30.3 Å². The van der Waals surface area contributed by atoms with Gasteiger partial charge in [-0.05, 0) is 41.8 Å². The van der Waals surface area contributed by atoms with Gasteiger partial charge in [0.25, 0.3) is 5.91 Å². The van der Waals surface area contributed by atoms with Crippen molar-refractivity contribution in [2.24, 2.45) is 5.92 Å². The molecule has 1 unspecified atom stereocenters. The summed E-state index contributed by atoms with van der Waals surface area (Å²) in [5.74, 6) is 2.59. The molecule has 1 aliphatic rings. The number of hydrogen-bond donors (Lipinski definition) is 1. The number of carbonyl (C=O) groups excluding carboxylic acids is 1. The Kier molecular flexibility index (Phi) is 6.29. The zero-order valence-corrected chi connectivity index (χ0v) is 16.8. The van der Waals surface area contributed by atoms with E-state index in [1.165, 1.54) is 0 Å². The Morgan fingerprint density at radius 2 is 1.68 bits per heavy atom. The summed E-state index contributed by atoms with van der Waals surface area (Å²) in [6.45, 7) is 5.42. The van der Waals surface area contributed by atoms with Gasteiger partial charge in [-0.3, -0.25) is 4.79 Å². The Hall–Kier alpha value is -2.89. The van der Waals surface area contributed by atoms with Crippen LogP contribution >= 0.6 is 0 Å². The lowest BCUT2D eigenvalue weighted by Gasteiger charge is -2.24. The molecule has 0 spiro atoms. The molecule has 0 saturated heterocycles. The Balaban J connectivity index is 1.83. The molecule has 1 atom stereocenters. The summed E-state index contributed by atoms with van der Waals surface area (Å²) in [6, 6.07) is 10.8. The van der Waals surface area contributed by atoms with Crippen molar-refractivity contribution in [1.82, 2.24) is 5.32 Å². The van der Waals surface area contributed by atoms with Crippen molar-refractivity contribution >= 4 is 5.91 Å². The first-order valence-electron chi connectivity index (χ1n) is 9.46. The highest BCUT2D eigenvalue weighted by atomic mass is 16.5. The third kappa shape index (κ3) is 4.32. The van der Waals surface area contributed by atoms with Gasteiger partial charge in [-0.15, -0.1) is 0 Å². The normalized spacial score (nSPS) is 14.2. The lowest BCUT2D eigenvalue weighted by Crippen LogP contribution is -2.31. The maximum absolute atomic E-state index is 12.9. The van der Waals surface area contributed by atoms with E-state index in [2.05, 4.69) is 19.2 Å². The molecule has 0 aromatic heterocycles. The predicted molar refractivity (Wildman–Crippen MR) is 107 cm³/mol. The fourth-order valence-corrected chi connectivity index (χ4v) is 3.21.